The molecule has 3 heterocycles. The van der Waals surface area contributed by atoms with E-state index in [2.05, 4.69) is 10.2 Å². The lowest BCUT2D eigenvalue weighted by Gasteiger charge is -2.24. The van der Waals surface area contributed by atoms with Crippen LogP contribution in [0.3, 0.4) is 0 Å². The van der Waals surface area contributed by atoms with Crippen LogP contribution in [0.15, 0.2) is 47.6 Å². The number of nitrogens with one attached hydrogen (secondary N) is 1. The quantitative estimate of drug-likeness (QED) is 0.590. The van der Waals surface area contributed by atoms with E-state index in [0.717, 1.165) is 47.8 Å². The SMILES string of the molecule is CC1(C(=O)N2CC[C@@H](CN3C(=O)C4(CC4)N=C3c3ccc(-c4ccc5[nH]ncc5c4)cc3F)C2)CC1. The van der Waals surface area contributed by atoms with Crippen LogP contribution in [0.2, 0.25) is 0 Å². The molecule has 1 N–H and O–H groups in total. The lowest BCUT2D eigenvalue weighted by Crippen LogP contribution is -2.41. The highest BCUT2D eigenvalue weighted by atomic mass is 19.1. The number of aliphatic imine (C=N–C) groups is 1. The molecule has 8 heteroatoms. The predicted octanol–water partition coefficient (Wildman–Crippen LogP) is 4.14. The van der Waals surface area contributed by atoms with Gasteiger partial charge in [-0.25, -0.2) is 4.39 Å². The fraction of sp³-hybridized carbons (Fsp3) is 0.429. The number of hydrogen-bond donors (Lipinski definition) is 1. The lowest BCUT2D eigenvalue weighted by molar-refractivity contribution is -0.135. The van der Waals surface area contributed by atoms with E-state index in [0.29, 0.717) is 37.3 Å². The number of halogens is 1. The number of H-pyrrole nitrogens is 1. The molecule has 1 saturated heterocycles. The van der Waals surface area contributed by atoms with Crippen molar-refractivity contribution in [2.45, 2.75) is 44.6 Å². The van der Waals surface area contributed by atoms with E-state index in [-0.39, 0.29) is 29.0 Å². The second-order valence-electron chi connectivity index (χ2n) is 11.2. The third-order valence-electron chi connectivity index (χ3n) is 8.46. The van der Waals surface area contributed by atoms with Gasteiger partial charge in [-0.15, -0.1) is 0 Å². The summed E-state index contributed by atoms with van der Waals surface area (Å²) in [4.78, 5) is 34.6. The maximum atomic E-state index is 15.5. The number of carbonyl (C=O) groups is 2. The smallest absolute Gasteiger partial charge is 0.256 e. The number of fused-ring (bicyclic) bond motifs is 1. The Bertz CT molecular complexity index is 1450. The van der Waals surface area contributed by atoms with Gasteiger partial charge in [0.1, 0.15) is 17.2 Å². The van der Waals surface area contributed by atoms with Gasteiger partial charge in [-0.3, -0.25) is 24.6 Å². The Morgan fingerprint density at radius 3 is 2.67 bits per heavy atom. The molecule has 4 aliphatic rings. The number of amidine groups is 1. The number of nitrogens with zero attached hydrogens (tertiary/aromatic N) is 4. The average Bonchev–Trinajstić information content (AvgIpc) is 3.66. The van der Waals surface area contributed by atoms with Crippen LogP contribution in [-0.4, -0.2) is 62.8 Å². The minimum Gasteiger partial charge on any atom is -0.342 e. The van der Waals surface area contributed by atoms with Crippen LogP contribution in [0.4, 0.5) is 4.39 Å². The van der Waals surface area contributed by atoms with E-state index in [9.17, 15) is 9.59 Å². The molecule has 0 unspecified atom stereocenters. The van der Waals surface area contributed by atoms with Gasteiger partial charge in [-0.1, -0.05) is 19.1 Å². The zero-order valence-electron chi connectivity index (χ0n) is 20.3. The Hall–Kier alpha value is -3.55. The van der Waals surface area contributed by atoms with Crippen LogP contribution in [-0.2, 0) is 9.59 Å². The summed E-state index contributed by atoms with van der Waals surface area (Å²) in [5.41, 5.74) is 2.05. The normalized spacial score (nSPS) is 23.6. The molecule has 3 aromatic rings. The maximum Gasteiger partial charge on any atom is 0.256 e. The van der Waals surface area contributed by atoms with Crippen molar-refractivity contribution in [1.82, 2.24) is 20.0 Å². The van der Waals surface area contributed by atoms with Crippen LogP contribution < -0.4 is 0 Å². The molecule has 2 saturated carbocycles. The Labute approximate surface area is 208 Å². The number of aromatic nitrogens is 2. The zero-order chi connectivity index (χ0) is 24.7. The minimum absolute atomic E-state index is 0.0229. The van der Waals surface area contributed by atoms with E-state index in [1.54, 1.807) is 17.2 Å². The molecule has 0 bridgehead atoms. The molecule has 2 aliphatic heterocycles. The summed E-state index contributed by atoms with van der Waals surface area (Å²) < 4.78 is 15.5. The van der Waals surface area contributed by atoms with Crippen molar-refractivity contribution < 1.29 is 14.0 Å². The third kappa shape index (κ3) is 3.38. The number of amides is 2. The van der Waals surface area contributed by atoms with Crippen LogP contribution in [0.1, 0.15) is 44.6 Å². The molecule has 2 aliphatic carbocycles. The van der Waals surface area contributed by atoms with Gasteiger partial charge in [0.25, 0.3) is 5.91 Å². The molecule has 184 valence electrons. The van der Waals surface area contributed by atoms with Gasteiger partial charge < -0.3 is 4.90 Å². The Morgan fingerprint density at radius 2 is 1.92 bits per heavy atom. The number of aromatic amines is 1. The molecule has 1 spiro atoms. The summed E-state index contributed by atoms with van der Waals surface area (Å²) in [7, 11) is 0. The fourth-order valence-electron chi connectivity index (χ4n) is 5.68. The molecule has 7 nitrogen and oxygen atoms in total. The van der Waals surface area contributed by atoms with Crippen LogP contribution in [0.5, 0.6) is 0 Å². The van der Waals surface area contributed by atoms with Gasteiger partial charge in [-0.05, 0) is 73.4 Å². The highest BCUT2D eigenvalue weighted by molar-refractivity contribution is 6.16. The summed E-state index contributed by atoms with van der Waals surface area (Å²) in [6.07, 6.45) is 5.94. The van der Waals surface area contributed by atoms with Crippen molar-refractivity contribution in [3.63, 3.8) is 0 Å². The maximum absolute atomic E-state index is 15.5. The van der Waals surface area contributed by atoms with Gasteiger partial charge >= 0.3 is 0 Å². The predicted molar refractivity (Wildman–Crippen MR) is 134 cm³/mol. The summed E-state index contributed by atoms with van der Waals surface area (Å²) >= 11 is 0. The molecule has 0 radical (unpaired) electrons. The monoisotopic (exact) mass is 485 g/mol. The Kier molecular flexibility index (Phi) is 4.51. The molecule has 1 aromatic heterocycles. The van der Waals surface area contributed by atoms with E-state index >= 15 is 4.39 Å². The molecule has 2 amide bonds. The van der Waals surface area contributed by atoms with Gasteiger partial charge in [0, 0.05) is 30.4 Å². The second-order valence-corrected chi connectivity index (χ2v) is 11.2. The standard InChI is InChI=1S/C28H28FN5O2/c1-27(7-8-27)25(35)33-11-6-17(15-33)16-34-24(31-28(9-10-28)26(34)36)21-4-2-19(13-22(21)29)18-3-5-23-20(12-18)14-30-32-23/h2-5,12-14,17H,6-11,15-16H2,1H3,(H,30,32)/t17-/m1/s1. The van der Waals surface area contributed by atoms with Crippen molar-refractivity contribution in [2.75, 3.05) is 19.6 Å². The number of likely N-dealkylation sites (tertiary alicyclic amines) is 1. The zero-order valence-corrected chi connectivity index (χ0v) is 20.3. The largest absolute Gasteiger partial charge is 0.342 e. The first-order valence-corrected chi connectivity index (χ1v) is 12.8. The molecule has 36 heavy (non-hydrogen) atoms. The van der Waals surface area contributed by atoms with Gasteiger partial charge in [0.05, 0.1) is 17.3 Å². The van der Waals surface area contributed by atoms with Crippen LogP contribution >= 0.6 is 0 Å². The van der Waals surface area contributed by atoms with Crippen molar-refractivity contribution in [1.29, 1.82) is 0 Å². The first-order valence-electron chi connectivity index (χ1n) is 12.8. The second kappa shape index (κ2) is 7.48. The Balaban J connectivity index is 1.14. The molecule has 7 rings (SSSR count). The summed E-state index contributed by atoms with van der Waals surface area (Å²) in [5, 5.41) is 7.94. The summed E-state index contributed by atoms with van der Waals surface area (Å²) in [6.45, 7) is 3.88. The number of rotatable bonds is 5. The fourth-order valence-corrected chi connectivity index (χ4v) is 5.68. The molecule has 3 fully saturated rings. The van der Waals surface area contributed by atoms with E-state index in [1.807, 2.05) is 36.1 Å². The molecular weight excluding hydrogens is 457 g/mol. The number of benzene rings is 2. The van der Waals surface area contributed by atoms with Crippen LogP contribution in [0, 0.1) is 17.2 Å². The summed E-state index contributed by atoms with van der Waals surface area (Å²) in [6, 6.07) is 11.0. The van der Waals surface area contributed by atoms with Crippen molar-refractivity contribution in [3.05, 3.63) is 54.0 Å². The van der Waals surface area contributed by atoms with E-state index in [4.69, 9.17) is 4.99 Å². The number of hydrogen-bond acceptors (Lipinski definition) is 4. The van der Waals surface area contributed by atoms with Gasteiger partial charge in [0.15, 0.2) is 0 Å². The van der Waals surface area contributed by atoms with Crippen molar-refractivity contribution in [2.24, 2.45) is 16.3 Å². The minimum atomic E-state index is -0.706. The molecule has 2 aromatic carbocycles. The lowest BCUT2D eigenvalue weighted by atomic mass is 10.0. The first kappa shape index (κ1) is 21.7. The third-order valence-corrected chi connectivity index (χ3v) is 8.46. The highest BCUT2D eigenvalue weighted by Crippen LogP contribution is 2.48. The molecule has 1 atom stereocenters. The van der Waals surface area contributed by atoms with Crippen molar-refractivity contribution in [3.8, 4) is 11.1 Å². The highest BCUT2D eigenvalue weighted by Gasteiger charge is 2.58. The van der Waals surface area contributed by atoms with Crippen LogP contribution in [0.25, 0.3) is 22.0 Å². The number of carbonyl (C=O) groups excluding carboxylic acids is 2. The van der Waals surface area contributed by atoms with Crippen molar-refractivity contribution >= 4 is 28.6 Å². The van der Waals surface area contributed by atoms with Gasteiger partial charge in [0.2, 0.25) is 5.91 Å². The summed E-state index contributed by atoms with van der Waals surface area (Å²) in [5.74, 6) is 0.430. The topological polar surface area (TPSA) is 81.7 Å². The molecular formula is C28H28FN5O2. The first-order chi connectivity index (χ1) is 17.4. The van der Waals surface area contributed by atoms with Gasteiger partial charge in [-0.2, -0.15) is 5.10 Å². The van der Waals surface area contributed by atoms with E-state index in [1.165, 1.54) is 6.07 Å². The Morgan fingerprint density at radius 1 is 1.14 bits per heavy atom. The van der Waals surface area contributed by atoms with E-state index < -0.39 is 5.54 Å². The average molecular weight is 486 g/mol.